The molecule has 0 bridgehead atoms. The summed E-state index contributed by atoms with van der Waals surface area (Å²) in [6.07, 6.45) is 2.50. The molecule has 0 saturated heterocycles. The third-order valence-electron chi connectivity index (χ3n) is 4.34. The number of hydrogen-bond donors (Lipinski definition) is 2. The fraction of sp³-hybridized carbons (Fsp3) is 0.158. The van der Waals surface area contributed by atoms with Crippen molar-refractivity contribution >= 4 is 35.1 Å². The maximum absolute atomic E-state index is 12.4. The predicted octanol–water partition coefficient (Wildman–Crippen LogP) is 2.88. The maximum Gasteiger partial charge on any atom is 0.261 e. The lowest BCUT2D eigenvalue weighted by molar-refractivity contribution is -0.138. The molecule has 2 heterocycles. The highest BCUT2D eigenvalue weighted by molar-refractivity contribution is 6.33. The number of carbonyl (C=O) groups excluding carboxylic acids is 2. The smallest absolute Gasteiger partial charge is 0.261 e. The van der Waals surface area contributed by atoms with Crippen molar-refractivity contribution in [2.75, 3.05) is 12.1 Å². The van der Waals surface area contributed by atoms with Gasteiger partial charge in [0.05, 0.1) is 6.42 Å². The number of ether oxygens (including phenoxy) is 2. The number of halogens is 1. The molecular weight excluding hydrogens is 358 g/mol. The minimum absolute atomic E-state index is 0.170. The number of carbonyl (C=O) groups is 2. The lowest BCUT2D eigenvalue weighted by Gasteiger charge is -2.20. The van der Waals surface area contributed by atoms with Gasteiger partial charge in [-0.05, 0) is 35.9 Å². The second-order valence-electron chi connectivity index (χ2n) is 6.07. The third-order valence-corrected chi connectivity index (χ3v) is 4.65. The van der Waals surface area contributed by atoms with Crippen molar-refractivity contribution in [1.82, 2.24) is 0 Å². The normalized spacial score (nSPS) is 20.3. The van der Waals surface area contributed by atoms with Crippen LogP contribution < -0.4 is 14.8 Å². The fourth-order valence-electron chi connectivity index (χ4n) is 3.07. The van der Waals surface area contributed by atoms with Gasteiger partial charge in [0.25, 0.3) is 5.91 Å². The van der Waals surface area contributed by atoms with Crippen LogP contribution in [0.25, 0.3) is 6.08 Å². The summed E-state index contributed by atoms with van der Waals surface area (Å²) in [6, 6.07) is 10.1. The highest BCUT2D eigenvalue weighted by Crippen LogP contribution is 2.42. The first-order valence-electron chi connectivity index (χ1n) is 7.91. The molecule has 2 aromatic rings. The van der Waals surface area contributed by atoms with Crippen molar-refractivity contribution in [3.8, 4) is 11.5 Å². The van der Waals surface area contributed by atoms with Crippen LogP contribution >= 0.6 is 11.6 Å². The van der Waals surface area contributed by atoms with E-state index in [2.05, 4.69) is 5.32 Å². The molecule has 2 aromatic carbocycles. The fourth-order valence-corrected chi connectivity index (χ4v) is 3.40. The van der Waals surface area contributed by atoms with E-state index in [4.69, 9.17) is 21.1 Å². The minimum atomic E-state index is -1.98. The Morgan fingerprint density at radius 1 is 1.27 bits per heavy atom. The number of aliphatic hydroxyl groups is 1. The molecule has 4 rings (SSSR count). The molecule has 26 heavy (non-hydrogen) atoms. The molecule has 0 fully saturated rings. The third kappa shape index (κ3) is 2.73. The van der Waals surface area contributed by atoms with E-state index in [-0.39, 0.29) is 17.4 Å². The van der Waals surface area contributed by atoms with Crippen molar-refractivity contribution in [2.24, 2.45) is 0 Å². The summed E-state index contributed by atoms with van der Waals surface area (Å²) in [6.45, 7) is 0.170. The Bertz CT molecular complexity index is 955. The minimum Gasteiger partial charge on any atom is -0.454 e. The van der Waals surface area contributed by atoms with Crippen molar-refractivity contribution in [3.05, 3.63) is 58.6 Å². The number of benzene rings is 2. The number of fused-ring (bicyclic) bond motifs is 2. The molecule has 0 radical (unpaired) electrons. The molecule has 0 aliphatic carbocycles. The number of ketones is 1. The summed E-state index contributed by atoms with van der Waals surface area (Å²) in [5, 5.41) is 13.6. The molecule has 6 nitrogen and oxygen atoms in total. The number of hydrogen-bond acceptors (Lipinski definition) is 5. The molecule has 0 aromatic heterocycles. The quantitative estimate of drug-likeness (QED) is 0.807. The van der Waals surface area contributed by atoms with E-state index in [1.165, 1.54) is 6.08 Å². The van der Waals surface area contributed by atoms with E-state index in [1.807, 2.05) is 0 Å². The standard InChI is InChI=1S/C19H14ClNO5/c20-13-2-1-3-14-17(13)19(24,18(23)21-14)9-12(22)6-4-11-5-7-15-16(8-11)26-10-25-15/h1-8,24H,9-10H2,(H,21,23). The zero-order valence-electron chi connectivity index (χ0n) is 13.5. The van der Waals surface area contributed by atoms with Crippen molar-refractivity contribution in [3.63, 3.8) is 0 Å². The summed E-state index contributed by atoms with van der Waals surface area (Å²) in [7, 11) is 0. The number of allylic oxidation sites excluding steroid dienone is 1. The van der Waals surface area contributed by atoms with Gasteiger partial charge in [0.15, 0.2) is 22.9 Å². The first-order chi connectivity index (χ1) is 12.5. The Balaban J connectivity index is 1.54. The molecule has 0 saturated carbocycles. The molecule has 2 aliphatic rings. The number of nitrogens with one attached hydrogen (secondary N) is 1. The van der Waals surface area contributed by atoms with E-state index in [1.54, 1.807) is 42.5 Å². The Kier molecular flexibility index (Phi) is 3.94. The zero-order chi connectivity index (χ0) is 18.3. The molecule has 1 atom stereocenters. The van der Waals surface area contributed by atoms with Crippen LogP contribution in [-0.4, -0.2) is 23.6 Å². The van der Waals surface area contributed by atoms with E-state index >= 15 is 0 Å². The van der Waals surface area contributed by atoms with Gasteiger partial charge in [-0.3, -0.25) is 9.59 Å². The first kappa shape index (κ1) is 16.6. The second-order valence-corrected chi connectivity index (χ2v) is 6.47. The lowest BCUT2D eigenvalue weighted by atomic mass is 9.89. The monoisotopic (exact) mass is 371 g/mol. The molecule has 132 valence electrons. The van der Waals surface area contributed by atoms with E-state index in [0.717, 1.165) is 5.56 Å². The van der Waals surface area contributed by atoms with Gasteiger partial charge >= 0.3 is 0 Å². The lowest BCUT2D eigenvalue weighted by Crippen LogP contribution is -2.36. The Morgan fingerprint density at radius 3 is 2.92 bits per heavy atom. The van der Waals surface area contributed by atoms with Gasteiger partial charge in [0.1, 0.15) is 0 Å². The predicted molar refractivity (Wildman–Crippen MR) is 95.2 cm³/mol. The molecule has 2 aliphatic heterocycles. The average Bonchev–Trinajstić information content (AvgIpc) is 3.16. The molecule has 1 unspecified atom stereocenters. The Hall–Kier alpha value is -2.83. The van der Waals surface area contributed by atoms with Gasteiger partial charge in [-0.2, -0.15) is 0 Å². The van der Waals surface area contributed by atoms with Gasteiger partial charge < -0.3 is 19.9 Å². The number of rotatable bonds is 4. The molecular formula is C19H14ClNO5. The molecule has 2 N–H and O–H groups in total. The van der Waals surface area contributed by atoms with Crippen LogP contribution in [-0.2, 0) is 15.2 Å². The van der Waals surface area contributed by atoms with E-state index in [0.29, 0.717) is 17.2 Å². The van der Waals surface area contributed by atoms with Crippen LogP contribution in [0.4, 0.5) is 5.69 Å². The van der Waals surface area contributed by atoms with Crippen molar-refractivity contribution < 1.29 is 24.2 Å². The van der Waals surface area contributed by atoms with Crippen LogP contribution in [0.15, 0.2) is 42.5 Å². The zero-order valence-corrected chi connectivity index (χ0v) is 14.2. The maximum atomic E-state index is 12.4. The van der Waals surface area contributed by atoms with Crippen molar-refractivity contribution in [2.45, 2.75) is 12.0 Å². The average molecular weight is 372 g/mol. The van der Waals surface area contributed by atoms with Crippen LogP contribution in [0.2, 0.25) is 5.02 Å². The Labute approximate surface area is 154 Å². The van der Waals surface area contributed by atoms with Crippen LogP contribution in [0, 0.1) is 0 Å². The van der Waals surface area contributed by atoms with Gasteiger partial charge in [-0.25, -0.2) is 0 Å². The van der Waals surface area contributed by atoms with Gasteiger partial charge in [-0.15, -0.1) is 0 Å². The highest BCUT2D eigenvalue weighted by Gasteiger charge is 2.47. The number of anilines is 1. The molecule has 0 spiro atoms. The first-order valence-corrected chi connectivity index (χ1v) is 8.28. The van der Waals surface area contributed by atoms with Crippen LogP contribution in [0.1, 0.15) is 17.5 Å². The summed E-state index contributed by atoms with van der Waals surface area (Å²) in [4.78, 5) is 24.6. The summed E-state index contributed by atoms with van der Waals surface area (Å²) in [5.41, 5.74) is -0.595. The van der Waals surface area contributed by atoms with E-state index < -0.39 is 23.7 Å². The van der Waals surface area contributed by atoms with Gasteiger partial charge in [0.2, 0.25) is 6.79 Å². The number of amides is 1. The van der Waals surface area contributed by atoms with E-state index in [9.17, 15) is 14.7 Å². The topological polar surface area (TPSA) is 84.9 Å². The van der Waals surface area contributed by atoms with Gasteiger partial charge in [-0.1, -0.05) is 29.8 Å². The summed E-state index contributed by atoms with van der Waals surface area (Å²) < 4.78 is 10.5. The van der Waals surface area contributed by atoms with Crippen molar-refractivity contribution in [1.29, 1.82) is 0 Å². The molecule has 1 amide bonds. The van der Waals surface area contributed by atoms with Crippen LogP contribution in [0.3, 0.4) is 0 Å². The largest absolute Gasteiger partial charge is 0.454 e. The van der Waals surface area contributed by atoms with Gasteiger partial charge in [0, 0.05) is 16.3 Å². The highest BCUT2D eigenvalue weighted by atomic mass is 35.5. The Morgan fingerprint density at radius 2 is 2.08 bits per heavy atom. The molecule has 7 heteroatoms. The second kappa shape index (κ2) is 6.16. The summed E-state index contributed by atoms with van der Waals surface area (Å²) >= 11 is 6.12. The van der Waals surface area contributed by atoms with Crippen LogP contribution in [0.5, 0.6) is 11.5 Å². The SMILES string of the molecule is O=C(C=Cc1ccc2c(c1)OCO2)CC1(O)C(=O)Nc2cccc(Cl)c21. The summed E-state index contributed by atoms with van der Waals surface area (Å²) in [5.74, 6) is 0.185.